The molecule has 1 aromatic rings. The van der Waals surface area contributed by atoms with Gasteiger partial charge in [0, 0.05) is 36.2 Å². The molecule has 0 radical (unpaired) electrons. The Hall–Kier alpha value is -0.980. The molecule has 0 N–H and O–H groups in total. The number of halogens is 1. The van der Waals surface area contributed by atoms with E-state index in [-0.39, 0.29) is 10.6 Å². The Balaban J connectivity index is 2.13. The molecule has 0 spiro atoms. The van der Waals surface area contributed by atoms with Crippen LogP contribution in [0.1, 0.15) is 5.56 Å². The van der Waals surface area contributed by atoms with Gasteiger partial charge in [-0.3, -0.25) is 15.0 Å². The zero-order chi connectivity index (χ0) is 12.3. The second kappa shape index (κ2) is 5.57. The maximum atomic E-state index is 10.7. The summed E-state index contributed by atoms with van der Waals surface area (Å²) in [5, 5.41) is 10.7. The molecule has 0 aliphatic carbocycles. The summed E-state index contributed by atoms with van der Waals surface area (Å²) in [7, 11) is 0. The summed E-state index contributed by atoms with van der Waals surface area (Å²) in [6.45, 7) is 3.91. The molecule has 6 heteroatoms. The van der Waals surface area contributed by atoms with Crippen LogP contribution < -0.4 is 0 Å². The van der Waals surface area contributed by atoms with Gasteiger partial charge in [-0.25, -0.2) is 0 Å². The van der Waals surface area contributed by atoms with Crippen LogP contribution in [0, 0.1) is 10.1 Å². The molecular weight excluding hydrogens is 288 g/mol. The molecule has 2 rings (SSSR count). The fourth-order valence-electron chi connectivity index (χ4n) is 1.80. The van der Waals surface area contributed by atoms with Gasteiger partial charge in [0.05, 0.1) is 18.1 Å². The highest BCUT2D eigenvalue weighted by Gasteiger charge is 2.15. The van der Waals surface area contributed by atoms with Gasteiger partial charge in [0.1, 0.15) is 0 Å². The van der Waals surface area contributed by atoms with E-state index < -0.39 is 0 Å². The van der Waals surface area contributed by atoms with Crippen molar-refractivity contribution in [3.8, 4) is 0 Å². The minimum absolute atomic E-state index is 0.136. The molecule has 0 aromatic heterocycles. The lowest BCUT2D eigenvalue weighted by Gasteiger charge is -2.26. The van der Waals surface area contributed by atoms with Crippen molar-refractivity contribution in [2.75, 3.05) is 26.3 Å². The van der Waals surface area contributed by atoms with Gasteiger partial charge in [-0.2, -0.15) is 0 Å². The van der Waals surface area contributed by atoms with Gasteiger partial charge < -0.3 is 4.74 Å². The fourth-order valence-corrected chi connectivity index (χ4v) is 2.17. The van der Waals surface area contributed by atoms with Gasteiger partial charge in [-0.05, 0) is 11.6 Å². The van der Waals surface area contributed by atoms with Gasteiger partial charge in [0.15, 0.2) is 0 Å². The first-order valence-corrected chi connectivity index (χ1v) is 6.19. The van der Waals surface area contributed by atoms with Crippen molar-refractivity contribution >= 4 is 21.6 Å². The van der Waals surface area contributed by atoms with E-state index in [1.165, 1.54) is 6.07 Å². The Kier molecular flexibility index (Phi) is 4.09. The number of rotatable bonds is 3. The van der Waals surface area contributed by atoms with Gasteiger partial charge >= 0.3 is 0 Å². The number of morpholine rings is 1. The number of nitro benzene ring substituents is 1. The standard InChI is InChI=1S/C11H13BrN2O3/c12-11-2-1-10(14(15)16)7-9(11)8-13-3-5-17-6-4-13/h1-2,7H,3-6,8H2. The van der Waals surface area contributed by atoms with Crippen molar-refractivity contribution < 1.29 is 9.66 Å². The van der Waals surface area contributed by atoms with Gasteiger partial charge in [0.2, 0.25) is 0 Å². The first-order chi connectivity index (χ1) is 8.16. The Bertz CT molecular complexity index is 419. The third-order valence-electron chi connectivity index (χ3n) is 2.74. The molecule has 1 saturated heterocycles. The lowest BCUT2D eigenvalue weighted by molar-refractivity contribution is -0.384. The molecule has 1 aromatic carbocycles. The number of nitro groups is 1. The van der Waals surface area contributed by atoms with Crippen LogP contribution in [0.5, 0.6) is 0 Å². The van der Waals surface area contributed by atoms with Gasteiger partial charge in [-0.1, -0.05) is 15.9 Å². The second-order valence-corrected chi connectivity index (χ2v) is 4.78. The quantitative estimate of drug-likeness (QED) is 0.634. The molecule has 0 amide bonds. The third kappa shape index (κ3) is 3.24. The topological polar surface area (TPSA) is 55.6 Å². The minimum Gasteiger partial charge on any atom is -0.379 e. The molecule has 1 aliphatic heterocycles. The Labute approximate surface area is 108 Å². The van der Waals surface area contributed by atoms with Crippen LogP contribution >= 0.6 is 15.9 Å². The second-order valence-electron chi connectivity index (χ2n) is 3.92. The van der Waals surface area contributed by atoms with Crippen LogP contribution in [0.4, 0.5) is 5.69 Å². The molecule has 92 valence electrons. The highest BCUT2D eigenvalue weighted by atomic mass is 79.9. The van der Waals surface area contributed by atoms with Crippen molar-refractivity contribution in [1.82, 2.24) is 4.90 Å². The smallest absolute Gasteiger partial charge is 0.269 e. The van der Waals surface area contributed by atoms with E-state index in [0.717, 1.165) is 36.3 Å². The molecule has 1 heterocycles. The summed E-state index contributed by atoms with van der Waals surface area (Å²) in [5.74, 6) is 0. The Morgan fingerprint density at radius 3 is 2.76 bits per heavy atom. The lowest BCUT2D eigenvalue weighted by Crippen LogP contribution is -2.35. The maximum absolute atomic E-state index is 10.7. The first-order valence-electron chi connectivity index (χ1n) is 5.40. The van der Waals surface area contributed by atoms with Gasteiger partial charge in [0.25, 0.3) is 5.69 Å². The van der Waals surface area contributed by atoms with Crippen LogP contribution in [0.2, 0.25) is 0 Å². The van der Waals surface area contributed by atoms with Crippen LogP contribution in [-0.4, -0.2) is 36.1 Å². The summed E-state index contributed by atoms with van der Waals surface area (Å²) < 4.78 is 6.18. The summed E-state index contributed by atoms with van der Waals surface area (Å²) in [6, 6.07) is 4.86. The SMILES string of the molecule is O=[N+]([O-])c1ccc(Br)c(CN2CCOCC2)c1. The van der Waals surface area contributed by atoms with E-state index in [1.807, 2.05) is 0 Å². The predicted octanol–water partition coefficient (Wildman–Crippen LogP) is 2.19. The van der Waals surface area contributed by atoms with E-state index in [2.05, 4.69) is 20.8 Å². The number of hydrogen-bond acceptors (Lipinski definition) is 4. The van der Waals surface area contributed by atoms with Crippen molar-refractivity contribution in [2.45, 2.75) is 6.54 Å². The van der Waals surface area contributed by atoms with E-state index in [1.54, 1.807) is 12.1 Å². The van der Waals surface area contributed by atoms with Crippen LogP contribution in [0.3, 0.4) is 0 Å². The number of benzene rings is 1. The van der Waals surface area contributed by atoms with E-state index >= 15 is 0 Å². The summed E-state index contributed by atoms with van der Waals surface area (Å²) in [4.78, 5) is 12.6. The third-order valence-corrected chi connectivity index (χ3v) is 3.51. The molecule has 0 bridgehead atoms. The largest absolute Gasteiger partial charge is 0.379 e. The van der Waals surface area contributed by atoms with Crippen molar-refractivity contribution in [3.05, 3.63) is 38.3 Å². The number of non-ortho nitro benzene ring substituents is 1. The Morgan fingerprint density at radius 1 is 1.41 bits per heavy atom. The van der Waals surface area contributed by atoms with E-state index in [0.29, 0.717) is 6.54 Å². The molecule has 0 saturated carbocycles. The molecule has 1 fully saturated rings. The monoisotopic (exact) mass is 300 g/mol. The van der Waals surface area contributed by atoms with Gasteiger partial charge in [-0.15, -0.1) is 0 Å². The number of ether oxygens (including phenoxy) is 1. The Morgan fingerprint density at radius 2 is 2.12 bits per heavy atom. The summed E-state index contributed by atoms with van der Waals surface area (Å²) in [5.41, 5.74) is 1.08. The van der Waals surface area contributed by atoms with Crippen LogP contribution in [0.15, 0.2) is 22.7 Å². The highest BCUT2D eigenvalue weighted by Crippen LogP contribution is 2.24. The normalized spacial score (nSPS) is 17.0. The molecule has 1 aliphatic rings. The first kappa shape index (κ1) is 12.5. The van der Waals surface area contributed by atoms with Crippen LogP contribution in [-0.2, 0) is 11.3 Å². The van der Waals surface area contributed by atoms with Crippen molar-refractivity contribution in [1.29, 1.82) is 0 Å². The number of hydrogen-bond donors (Lipinski definition) is 0. The molecule has 17 heavy (non-hydrogen) atoms. The molecular formula is C11H13BrN2O3. The minimum atomic E-state index is -0.366. The highest BCUT2D eigenvalue weighted by molar-refractivity contribution is 9.10. The van der Waals surface area contributed by atoms with Crippen molar-refractivity contribution in [2.24, 2.45) is 0 Å². The summed E-state index contributed by atoms with van der Waals surface area (Å²) in [6.07, 6.45) is 0. The molecule has 0 atom stereocenters. The molecule has 0 unspecified atom stereocenters. The van der Waals surface area contributed by atoms with E-state index in [9.17, 15) is 10.1 Å². The average molecular weight is 301 g/mol. The maximum Gasteiger partial charge on any atom is 0.269 e. The summed E-state index contributed by atoms with van der Waals surface area (Å²) >= 11 is 3.43. The lowest BCUT2D eigenvalue weighted by atomic mass is 10.2. The van der Waals surface area contributed by atoms with E-state index in [4.69, 9.17) is 4.74 Å². The predicted molar refractivity (Wildman–Crippen MR) is 66.9 cm³/mol. The zero-order valence-corrected chi connectivity index (χ0v) is 10.9. The number of nitrogens with zero attached hydrogens (tertiary/aromatic N) is 2. The molecule has 5 nitrogen and oxygen atoms in total. The van der Waals surface area contributed by atoms with Crippen molar-refractivity contribution in [3.63, 3.8) is 0 Å². The fraction of sp³-hybridized carbons (Fsp3) is 0.455. The van der Waals surface area contributed by atoms with Crippen LogP contribution in [0.25, 0.3) is 0 Å². The average Bonchev–Trinajstić information content (AvgIpc) is 2.33. The zero-order valence-electron chi connectivity index (χ0n) is 9.26.